The summed E-state index contributed by atoms with van der Waals surface area (Å²) in [4.78, 5) is 35.2. The predicted molar refractivity (Wildman–Crippen MR) is 123 cm³/mol. The number of amides is 1. The SMILES string of the molecule is CC(N=O)c1ccccc1NC(=O)c1cc(NCCN(C)C)nc(-c2ccccc2)n1. The summed E-state index contributed by atoms with van der Waals surface area (Å²) in [6, 6.07) is 17.7. The first-order chi connectivity index (χ1) is 15.0. The van der Waals surface area contributed by atoms with Crippen molar-refractivity contribution in [2.75, 3.05) is 37.8 Å². The van der Waals surface area contributed by atoms with Crippen LogP contribution in [0.1, 0.15) is 29.0 Å². The highest BCUT2D eigenvalue weighted by Crippen LogP contribution is 2.26. The number of carbonyl (C=O) groups excluding carboxylic acids is 1. The monoisotopic (exact) mass is 418 g/mol. The summed E-state index contributed by atoms with van der Waals surface area (Å²) < 4.78 is 0. The summed E-state index contributed by atoms with van der Waals surface area (Å²) in [5, 5.41) is 9.19. The average Bonchev–Trinajstić information content (AvgIpc) is 2.79. The van der Waals surface area contributed by atoms with Crippen LogP contribution < -0.4 is 10.6 Å². The molecule has 8 nitrogen and oxygen atoms in total. The van der Waals surface area contributed by atoms with Crippen LogP contribution in [0.5, 0.6) is 0 Å². The Morgan fingerprint density at radius 1 is 1.06 bits per heavy atom. The second kappa shape index (κ2) is 10.4. The Balaban J connectivity index is 1.92. The number of carbonyl (C=O) groups is 1. The lowest BCUT2D eigenvalue weighted by Gasteiger charge is -2.14. The first-order valence-electron chi connectivity index (χ1n) is 10.0. The largest absolute Gasteiger partial charge is 0.369 e. The van der Waals surface area contributed by atoms with E-state index in [2.05, 4.69) is 30.7 Å². The number of hydrogen-bond donors (Lipinski definition) is 2. The lowest BCUT2D eigenvalue weighted by atomic mass is 10.1. The van der Waals surface area contributed by atoms with Crippen LogP contribution in [-0.2, 0) is 0 Å². The van der Waals surface area contributed by atoms with E-state index >= 15 is 0 Å². The Kier molecular flexibility index (Phi) is 7.40. The fraction of sp³-hybridized carbons (Fsp3) is 0.261. The third-order valence-electron chi connectivity index (χ3n) is 4.67. The number of likely N-dealkylation sites (N-methyl/N-ethyl adjacent to an activating group) is 1. The van der Waals surface area contributed by atoms with Crippen molar-refractivity contribution in [3.8, 4) is 11.4 Å². The van der Waals surface area contributed by atoms with Crippen molar-refractivity contribution in [2.45, 2.75) is 13.0 Å². The average molecular weight is 419 g/mol. The number of hydrogen-bond acceptors (Lipinski definition) is 7. The van der Waals surface area contributed by atoms with Crippen LogP contribution >= 0.6 is 0 Å². The molecule has 1 amide bonds. The molecular weight excluding hydrogens is 392 g/mol. The molecule has 160 valence electrons. The van der Waals surface area contributed by atoms with Crippen molar-refractivity contribution in [1.82, 2.24) is 14.9 Å². The van der Waals surface area contributed by atoms with E-state index in [1.165, 1.54) is 0 Å². The first-order valence-corrected chi connectivity index (χ1v) is 10.0. The highest BCUT2D eigenvalue weighted by Gasteiger charge is 2.17. The first kappa shape index (κ1) is 22.0. The van der Waals surface area contributed by atoms with Gasteiger partial charge in [0.1, 0.15) is 17.6 Å². The minimum Gasteiger partial charge on any atom is -0.369 e. The van der Waals surface area contributed by atoms with Gasteiger partial charge in [0.25, 0.3) is 5.91 Å². The van der Waals surface area contributed by atoms with E-state index in [0.717, 1.165) is 12.1 Å². The summed E-state index contributed by atoms with van der Waals surface area (Å²) in [6.45, 7) is 3.17. The topological polar surface area (TPSA) is 99.6 Å². The fourth-order valence-corrected chi connectivity index (χ4v) is 3.00. The number of nitrogens with one attached hydrogen (secondary N) is 2. The third-order valence-corrected chi connectivity index (χ3v) is 4.67. The number of rotatable bonds is 9. The van der Waals surface area contributed by atoms with Crippen molar-refractivity contribution in [3.05, 3.63) is 76.8 Å². The van der Waals surface area contributed by atoms with E-state index in [1.807, 2.05) is 44.4 Å². The Bertz CT molecular complexity index is 1040. The molecule has 0 aliphatic heterocycles. The number of aromatic nitrogens is 2. The van der Waals surface area contributed by atoms with E-state index in [-0.39, 0.29) is 11.6 Å². The van der Waals surface area contributed by atoms with Gasteiger partial charge >= 0.3 is 0 Å². The smallest absolute Gasteiger partial charge is 0.274 e. The van der Waals surface area contributed by atoms with Crippen molar-refractivity contribution in [1.29, 1.82) is 0 Å². The van der Waals surface area contributed by atoms with Gasteiger partial charge in [-0.2, -0.15) is 4.91 Å². The minimum atomic E-state index is -0.579. The molecule has 0 radical (unpaired) electrons. The Morgan fingerprint density at radius 2 is 1.77 bits per heavy atom. The molecule has 3 aromatic rings. The van der Waals surface area contributed by atoms with Crippen molar-refractivity contribution < 1.29 is 4.79 Å². The lowest BCUT2D eigenvalue weighted by molar-refractivity contribution is 0.102. The lowest BCUT2D eigenvalue weighted by Crippen LogP contribution is -2.22. The molecule has 1 atom stereocenters. The Labute approximate surface area is 181 Å². The van der Waals surface area contributed by atoms with Gasteiger partial charge in [0.15, 0.2) is 5.82 Å². The maximum absolute atomic E-state index is 13.0. The van der Waals surface area contributed by atoms with E-state index in [1.54, 1.807) is 37.3 Å². The number of para-hydroxylation sites is 1. The molecule has 1 unspecified atom stereocenters. The zero-order valence-corrected chi connectivity index (χ0v) is 17.9. The fourth-order valence-electron chi connectivity index (χ4n) is 3.00. The van der Waals surface area contributed by atoms with E-state index < -0.39 is 6.04 Å². The van der Waals surface area contributed by atoms with Gasteiger partial charge in [-0.15, -0.1) is 0 Å². The quantitative estimate of drug-likeness (QED) is 0.505. The Morgan fingerprint density at radius 3 is 2.48 bits per heavy atom. The zero-order valence-electron chi connectivity index (χ0n) is 17.9. The second-order valence-electron chi connectivity index (χ2n) is 7.38. The molecule has 2 aromatic carbocycles. The number of anilines is 2. The van der Waals surface area contributed by atoms with Gasteiger partial charge in [-0.05, 0) is 27.1 Å². The molecule has 0 aliphatic rings. The molecule has 0 saturated carbocycles. The van der Waals surface area contributed by atoms with Gasteiger partial charge in [-0.25, -0.2) is 9.97 Å². The predicted octanol–water partition coefficient (Wildman–Crippen LogP) is 4.20. The van der Waals surface area contributed by atoms with Crippen LogP contribution in [0, 0.1) is 4.91 Å². The molecule has 1 heterocycles. The zero-order chi connectivity index (χ0) is 22.2. The molecular formula is C23H26N6O2. The standard InChI is InChI=1S/C23H26N6O2/c1-16(28-31)18-11-7-8-12-19(18)26-23(30)20-15-21(24-13-14-29(2)3)27-22(25-20)17-9-5-4-6-10-17/h4-12,15-16H,13-14H2,1-3H3,(H,26,30)(H,24,25,27). The normalized spacial score (nSPS) is 11.7. The second-order valence-corrected chi connectivity index (χ2v) is 7.38. The minimum absolute atomic E-state index is 0.225. The van der Waals surface area contributed by atoms with Crippen molar-refractivity contribution in [2.24, 2.45) is 5.18 Å². The molecule has 3 rings (SSSR count). The molecule has 1 aromatic heterocycles. The summed E-state index contributed by atoms with van der Waals surface area (Å²) in [7, 11) is 3.98. The van der Waals surface area contributed by atoms with Crippen LogP contribution in [0.15, 0.2) is 65.8 Å². The molecule has 0 spiro atoms. The number of nitrogens with zero attached hydrogens (tertiary/aromatic N) is 4. The van der Waals surface area contributed by atoms with Gasteiger partial charge in [-0.3, -0.25) is 4.79 Å². The van der Waals surface area contributed by atoms with Crippen LogP contribution in [0.4, 0.5) is 11.5 Å². The van der Waals surface area contributed by atoms with Crippen LogP contribution in [-0.4, -0.2) is 48.0 Å². The maximum atomic E-state index is 13.0. The van der Waals surface area contributed by atoms with E-state index in [0.29, 0.717) is 29.4 Å². The van der Waals surface area contributed by atoms with E-state index in [4.69, 9.17) is 0 Å². The van der Waals surface area contributed by atoms with Crippen LogP contribution in [0.25, 0.3) is 11.4 Å². The molecule has 0 aliphatic carbocycles. The van der Waals surface area contributed by atoms with Gasteiger partial charge < -0.3 is 15.5 Å². The summed E-state index contributed by atoms with van der Waals surface area (Å²) in [6.07, 6.45) is 0. The summed E-state index contributed by atoms with van der Waals surface area (Å²) >= 11 is 0. The van der Waals surface area contributed by atoms with Crippen molar-refractivity contribution in [3.63, 3.8) is 0 Å². The van der Waals surface area contributed by atoms with Crippen molar-refractivity contribution >= 4 is 17.4 Å². The van der Waals surface area contributed by atoms with Crippen LogP contribution in [0.2, 0.25) is 0 Å². The highest BCUT2D eigenvalue weighted by atomic mass is 16.3. The highest BCUT2D eigenvalue weighted by molar-refractivity contribution is 6.04. The molecule has 0 bridgehead atoms. The molecule has 0 fully saturated rings. The summed E-state index contributed by atoms with van der Waals surface area (Å²) in [5.41, 5.74) is 2.21. The summed E-state index contributed by atoms with van der Waals surface area (Å²) in [5.74, 6) is 0.634. The molecule has 8 heteroatoms. The number of benzene rings is 2. The van der Waals surface area contributed by atoms with Gasteiger partial charge in [0.05, 0.1) is 0 Å². The van der Waals surface area contributed by atoms with E-state index in [9.17, 15) is 9.70 Å². The molecule has 0 saturated heterocycles. The third kappa shape index (κ3) is 5.93. The van der Waals surface area contributed by atoms with Gasteiger partial charge in [0.2, 0.25) is 0 Å². The number of nitroso groups, excluding NO2 is 1. The van der Waals surface area contributed by atoms with Gasteiger partial charge in [0, 0.05) is 36.0 Å². The van der Waals surface area contributed by atoms with Gasteiger partial charge in [-0.1, -0.05) is 53.7 Å². The maximum Gasteiger partial charge on any atom is 0.274 e. The Hall–Kier alpha value is -3.65. The molecule has 2 N–H and O–H groups in total. The molecule has 31 heavy (non-hydrogen) atoms. The van der Waals surface area contributed by atoms with Crippen LogP contribution in [0.3, 0.4) is 0 Å².